The summed E-state index contributed by atoms with van der Waals surface area (Å²) in [5, 5.41) is 10.5. The van der Waals surface area contributed by atoms with Gasteiger partial charge in [0.2, 0.25) is 0 Å². The van der Waals surface area contributed by atoms with Gasteiger partial charge in [-0.15, -0.1) is 11.3 Å². The van der Waals surface area contributed by atoms with Crippen molar-refractivity contribution >= 4 is 16.2 Å². The molecule has 1 atom stereocenters. The highest BCUT2D eigenvalue weighted by molar-refractivity contribution is 7.17. The van der Waals surface area contributed by atoms with Crippen molar-refractivity contribution in [1.29, 1.82) is 0 Å². The fourth-order valence-electron chi connectivity index (χ4n) is 2.77. The largest absolute Gasteiger partial charge is 0.387 e. The topological polar surface area (TPSA) is 37.5 Å². The second kappa shape index (κ2) is 3.86. The van der Waals surface area contributed by atoms with Crippen molar-refractivity contribution in [2.24, 2.45) is 5.92 Å². The van der Waals surface area contributed by atoms with Gasteiger partial charge in [-0.1, -0.05) is 12.8 Å². The smallest absolute Gasteiger partial charge is 0.120 e. The highest BCUT2D eigenvalue weighted by Crippen LogP contribution is 2.38. The Kier molecular flexibility index (Phi) is 2.48. The first-order valence-electron chi connectivity index (χ1n) is 5.87. The molecular formula is C12H16N2OS. The molecule has 2 heterocycles. The van der Waals surface area contributed by atoms with Crippen LogP contribution in [0.5, 0.6) is 0 Å². The Labute approximate surface area is 98.8 Å². The Morgan fingerprint density at radius 1 is 1.50 bits per heavy atom. The van der Waals surface area contributed by atoms with E-state index in [1.54, 1.807) is 11.3 Å². The molecule has 0 aromatic carbocycles. The monoisotopic (exact) mass is 236 g/mol. The lowest BCUT2D eigenvalue weighted by molar-refractivity contribution is 0.106. The zero-order valence-corrected chi connectivity index (χ0v) is 10.2. The van der Waals surface area contributed by atoms with Crippen molar-refractivity contribution in [3.63, 3.8) is 0 Å². The van der Waals surface area contributed by atoms with E-state index in [9.17, 15) is 5.11 Å². The number of nitrogens with zero attached hydrogens (tertiary/aromatic N) is 2. The van der Waals surface area contributed by atoms with Gasteiger partial charge in [0.15, 0.2) is 0 Å². The molecule has 16 heavy (non-hydrogen) atoms. The Morgan fingerprint density at radius 2 is 2.25 bits per heavy atom. The average Bonchev–Trinajstić information content (AvgIpc) is 2.89. The predicted octanol–water partition coefficient (Wildman–Crippen LogP) is 2.93. The first-order valence-corrected chi connectivity index (χ1v) is 6.68. The summed E-state index contributed by atoms with van der Waals surface area (Å²) < 4.78 is 2.04. The Morgan fingerprint density at radius 3 is 3.00 bits per heavy atom. The summed E-state index contributed by atoms with van der Waals surface area (Å²) in [5.74, 6) is 0.443. The third kappa shape index (κ3) is 1.48. The predicted molar refractivity (Wildman–Crippen MR) is 64.7 cm³/mol. The van der Waals surface area contributed by atoms with Crippen LogP contribution < -0.4 is 0 Å². The maximum atomic E-state index is 10.5. The quantitative estimate of drug-likeness (QED) is 0.870. The standard InChI is InChI=1S/C12H16N2OS/c1-8-11(12(15)9-4-2-3-5-9)14-7-13-6-10(14)16-8/h6-7,9,12,15H,2-5H2,1H3. The van der Waals surface area contributed by atoms with E-state index < -0.39 is 0 Å². The van der Waals surface area contributed by atoms with Crippen molar-refractivity contribution in [2.45, 2.75) is 38.7 Å². The summed E-state index contributed by atoms with van der Waals surface area (Å²) in [7, 11) is 0. The molecule has 0 saturated heterocycles. The fraction of sp³-hybridized carbons (Fsp3) is 0.583. The molecule has 3 nitrogen and oxygen atoms in total. The molecule has 3 rings (SSSR count). The van der Waals surface area contributed by atoms with Crippen LogP contribution in [0.15, 0.2) is 12.5 Å². The lowest BCUT2D eigenvalue weighted by atomic mass is 9.98. The highest BCUT2D eigenvalue weighted by Gasteiger charge is 2.28. The van der Waals surface area contributed by atoms with Crippen molar-refractivity contribution in [3.8, 4) is 0 Å². The van der Waals surface area contributed by atoms with Gasteiger partial charge in [0, 0.05) is 4.88 Å². The molecular weight excluding hydrogens is 220 g/mol. The third-order valence-corrected chi connectivity index (χ3v) is 4.64. The number of rotatable bonds is 2. The number of hydrogen-bond donors (Lipinski definition) is 1. The molecule has 1 saturated carbocycles. The SMILES string of the molecule is Cc1sc2cncn2c1C(O)C1CCCC1. The zero-order chi connectivity index (χ0) is 11.1. The van der Waals surface area contributed by atoms with Crippen LogP contribution in [-0.4, -0.2) is 14.5 Å². The van der Waals surface area contributed by atoms with Gasteiger partial charge in [0.1, 0.15) is 11.2 Å². The molecule has 0 amide bonds. The Hall–Kier alpha value is -0.870. The molecule has 1 N–H and O–H groups in total. The molecule has 1 aliphatic carbocycles. The van der Waals surface area contributed by atoms with Gasteiger partial charge in [-0.3, -0.25) is 4.40 Å². The van der Waals surface area contributed by atoms with Crippen LogP contribution in [0.2, 0.25) is 0 Å². The van der Waals surface area contributed by atoms with Crippen LogP contribution in [-0.2, 0) is 0 Å². The summed E-state index contributed by atoms with van der Waals surface area (Å²) in [6.07, 6.45) is 8.20. The van der Waals surface area contributed by atoms with Gasteiger partial charge in [-0.05, 0) is 25.7 Å². The molecule has 1 aliphatic rings. The molecule has 0 spiro atoms. The third-order valence-electron chi connectivity index (χ3n) is 3.61. The van der Waals surface area contributed by atoms with Gasteiger partial charge in [0.25, 0.3) is 0 Å². The van der Waals surface area contributed by atoms with Gasteiger partial charge in [0.05, 0.1) is 18.0 Å². The van der Waals surface area contributed by atoms with E-state index in [0.29, 0.717) is 5.92 Å². The number of aliphatic hydroxyl groups is 1. The molecule has 86 valence electrons. The first-order chi connectivity index (χ1) is 7.77. The molecule has 0 aliphatic heterocycles. The van der Waals surface area contributed by atoms with E-state index in [1.807, 2.05) is 16.9 Å². The highest BCUT2D eigenvalue weighted by atomic mass is 32.1. The first kappa shape index (κ1) is 10.3. The van der Waals surface area contributed by atoms with Crippen LogP contribution in [0.3, 0.4) is 0 Å². The van der Waals surface area contributed by atoms with Crippen LogP contribution in [0.4, 0.5) is 0 Å². The van der Waals surface area contributed by atoms with E-state index in [1.165, 1.54) is 17.7 Å². The summed E-state index contributed by atoms with van der Waals surface area (Å²) in [6.45, 7) is 2.09. The van der Waals surface area contributed by atoms with E-state index in [4.69, 9.17) is 0 Å². The molecule has 2 aromatic rings. The summed E-state index contributed by atoms with van der Waals surface area (Å²) in [4.78, 5) is 6.48. The summed E-state index contributed by atoms with van der Waals surface area (Å²) >= 11 is 1.71. The van der Waals surface area contributed by atoms with Gasteiger partial charge in [-0.25, -0.2) is 4.98 Å². The normalized spacial score (nSPS) is 19.6. The minimum atomic E-state index is -0.314. The van der Waals surface area contributed by atoms with Gasteiger partial charge in [-0.2, -0.15) is 0 Å². The number of imidazole rings is 1. The lowest BCUT2D eigenvalue weighted by Gasteiger charge is -2.17. The van der Waals surface area contributed by atoms with E-state index >= 15 is 0 Å². The molecule has 2 aromatic heterocycles. The average molecular weight is 236 g/mol. The van der Waals surface area contributed by atoms with E-state index in [-0.39, 0.29) is 6.10 Å². The minimum absolute atomic E-state index is 0.314. The zero-order valence-electron chi connectivity index (χ0n) is 9.39. The van der Waals surface area contributed by atoms with Crippen molar-refractivity contribution in [1.82, 2.24) is 9.38 Å². The lowest BCUT2D eigenvalue weighted by Crippen LogP contribution is -2.12. The number of thiazole rings is 1. The van der Waals surface area contributed by atoms with Crippen molar-refractivity contribution in [3.05, 3.63) is 23.1 Å². The molecule has 0 bridgehead atoms. The summed E-state index contributed by atoms with van der Waals surface area (Å²) in [6, 6.07) is 0. The second-order valence-electron chi connectivity index (χ2n) is 4.63. The maximum absolute atomic E-state index is 10.5. The molecule has 0 radical (unpaired) electrons. The maximum Gasteiger partial charge on any atom is 0.120 e. The number of aromatic nitrogens is 2. The second-order valence-corrected chi connectivity index (χ2v) is 5.87. The Balaban J connectivity index is 2.02. The minimum Gasteiger partial charge on any atom is -0.387 e. The van der Waals surface area contributed by atoms with E-state index in [2.05, 4.69) is 11.9 Å². The van der Waals surface area contributed by atoms with Crippen LogP contribution >= 0.6 is 11.3 Å². The Bertz CT molecular complexity index is 496. The van der Waals surface area contributed by atoms with Crippen molar-refractivity contribution < 1.29 is 5.11 Å². The number of hydrogen-bond acceptors (Lipinski definition) is 3. The number of aliphatic hydroxyl groups excluding tert-OH is 1. The van der Waals surface area contributed by atoms with Crippen molar-refractivity contribution in [2.75, 3.05) is 0 Å². The van der Waals surface area contributed by atoms with Gasteiger partial charge >= 0.3 is 0 Å². The molecule has 1 unspecified atom stereocenters. The van der Waals surface area contributed by atoms with Crippen LogP contribution in [0, 0.1) is 12.8 Å². The van der Waals surface area contributed by atoms with Crippen LogP contribution in [0.25, 0.3) is 4.83 Å². The fourth-order valence-corrected chi connectivity index (χ4v) is 3.76. The van der Waals surface area contributed by atoms with E-state index in [0.717, 1.165) is 23.4 Å². The van der Waals surface area contributed by atoms with Gasteiger partial charge < -0.3 is 5.11 Å². The van der Waals surface area contributed by atoms with Crippen LogP contribution in [0.1, 0.15) is 42.4 Å². The molecule has 4 heteroatoms. The molecule has 1 fully saturated rings. The number of fused-ring (bicyclic) bond motifs is 1. The summed E-state index contributed by atoms with van der Waals surface area (Å²) in [5.41, 5.74) is 1.06. The number of aryl methyl sites for hydroxylation is 1.